The van der Waals surface area contributed by atoms with Crippen molar-refractivity contribution in [2.75, 3.05) is 11.9 Å². The fourth-order valence-corrected chi connectivity index (χ4v) is 10.9. The minimum absolute atomic E-state index is 0.127. The van der Waals surface area contributed by atoms with Crippen LogP contribution in [-0.2, 0) is 48.6 Å². The minimum Gasteiger partial charge on any atom is -0.481 e. The summed E-state index contributed by atoms with van der Waals surface area (Å²) in [7, 11) is -10.2. The number of carbonyl (C=O) groups is 1. The van der Waals surface area contributed by atoms with Gasteiger partial charge in [0.1, 0.15) is 11.9 Å². The molecule has 1 aliphatic heterocycles. The van der Waals surface area contributed by atoms with Gasteiger partial charge in [-0.25, -0.2) is 0 Å². The van der Waals surface area contributed by atoms with Gasteiger partial charge < -0.3 is 10.0 Å². The zero-order valence-corrected chi connectivity index (χ0v) is 37.8. The van der Waals surface area contributed by atoms with Crippen molar-refractivity contribution in [2.45, 2.75) is 52.2 Å². The molecule has 0 spiro atoms. The molecule has 6 aromatic rings. The lowest BCUT2D eigenvalue weighted by atomic mass is 9.89. The van der Waals surface area contributed by atoms with Crippen molar-refractivity contribution in [1.82, 2.24) is 0 Å². The van der Waals surface area contributed by atoms with Gasteiger partial charge in [0.05, 0.1) is 38.4 Å². The van der Waals surface area contributed by atoms with Crippen LogP contribution in [0.15, 0.2) is 151 Å². The maximum Gasteiger partial charge on any atom is 0.307 e. The van der Waals surface area contributed by atoms with Crippen LogP contribution in [-0.4, -0.2) is 57.0 Å². The summed E-state index contributed by atoms with van der Waals surface area (Å²) in [6.45, 7) is 1.97. The number of allylic oxidation sites excluding steroid dienone is 5. The van der Waals surface area contributed by atoms with Crippen LogP contribution in [0.3, 0.4) is 0 Å². The van der Waals surface area contributed by atoms with Gasteiger partial charge in [-0.3, -0.25) is 18.5 Å². The number of rotatable bonds is 10. The molecule has 0 saturated carbocycles. The predicted octanol–water partition coefficient (Wildman–Crippen LogP) is 8.88. The third-order valence-electron chi connectivity index (χ3n) is 11.4. The Morgan fingerprint density at radius 2 is 1.25 bits per heavy atom. The van der Waals surface area contributed by atoms with Gasteiger partial charge in [0.25, 0.3) is 30.4 Å². The zero-order chi connectivity index (χ0) is 45.9. The molecule has 328 valence electrons. The van der Waals surface area contributed by atoms with Gasteiger partial charge in [-0.15, -0.1) is 0 Å². The zero-order valence-electron chi connectivity index (χ0n) is 34.5. The Bertz CT molecular complexity index is 3360. The van der Waals surface area contributed by atoms with Crippen LogP contribution in [0.5, 0.6) is 0 Å². The first-order valence-corrected chi connectivity index (χ1v) is 24.9. The molecule has 2 aliphatic rings. The first-order chi connectivity index (χ1) is 30.2. The van der Waals surface area contributed by atoms with E-state index < -0.39 is 36.3 Å². The molecule has 1 aromatic heterocycles. The molecule has 17 heteroatoms. The van der Waals surface area contributed by atoms with Crippen LogP contribution in [0.25, 0.3) is 33.5 Å². The second-order valence-corrected chi connectivity index (χ2v) is 21.0. The Morgan fingerprint density at radius 3 is 1.83 bits per heavy atom. The van der Waals surface area contributed by atoms with E-state index in [0.29, 0.717) is 52.0 Å². The Balaban J connectivity index is 1.32. The lowest BCUT2D eigenvalue weighted by molar-refractivity contribution is -0.617. The summed E-state index contributed by atoms with van der Waals surface area (Å²) >= 11 is 1.52. The molecule has 0 saturated heterocycles. The molecule has 5 aromatic carbocycles. The number of aryl methyl sites for hydroxylation is 2. The summed E-state index contributed by atoms with van der Waals surface area (Å²) in [6.07, 6.45) is 9.93. The maximum atomic E-state index is 12.2. The number of thioether (sulfide) groups is 1. The standard InChI is InChI=1S/C47H40N2O11S4/c1-28-7-17-38-36(39-20-14-33(62(52,53)54)25-43(39)48(2)42(38)23-28)18-10-30-5-4-6-31(47(30)61-32-12-8-29(9-13-32)24-46(50)51)11-19-37-40-21-15-34(63(55,56)57)26-44(40)49(3)45-27-35(64(58,59)60)16-22-41(37)45/h7-23,25-27H,4-6,24H2,1-3H3,(H3-,50,51,52,53,54,55,56,57,58,59,60)/p+1. The number of anilines is 2. The lowest BCUT2D eigenvalue weighted by Crippen LogP contribution is -2.30. The van der Waals surface area contributed by atoms with Crippen LogP contribution >= 0.6 is 11.8 Å². The summed E-state index contributed by atoms with van der Waals surface area (Å²) in [6, 6.07) is 26.2. The number of carboxylic acids is 1. The SMILES string of the molecule is Cc1ccc2c(/C=C/C3=C(Sc4ccc(CC(=O)O)cc4)C(=C/C=C4c5ccc(S(=O)(=O)O)cc5N(C)c5cc(S(=O)(=O)O)ccc54)/CCC3)c3ccc(S(=O)(=O)O)cc3[n+](C)c2c1. The summed E-state index contributed by atoms with van der Waals surface area (Å²) in [5, 5.41) is 11.1. The van der Waals surface area contributed by atoms with Gasteiger partial charge in [-0.2, -0.15) is 29.8 Å². The Kier molecular flexibility index (Phi) is 11.8. The average molecular weight is 938 g/mol. The van der Waals surface area contributed by atoms with Crippen molar-refractivity contribution in [3.63, 3.8) is 0 Å². The lowest BCUT2D eigenvalue weighted by Gasteiger charge is -2.32. The van der Waals surface area contributed by atoms with Gasteiger partial charge in [-0.1, -0.05) is 66.4 Å². The van der Waals surface area contributed by atoms with Gasteiger partial charge in [0, 0.05) is 45.7 Å². The molecular formula is C47H41N2O11S4+. The van der Waals surface area contributed by atoms with E-state index >= 15 is 0 Å². The third kappa shape index (κ3) is 8.92. The number of fused-ring (bicyclic) bond motifs is 4. The van der Waals surface area contributed by atoms with Crippen LogP contribution in [0.4, 0.5) is 11.4 Å². The van der Waals surface area contributed by atoms with Crippen LogP contribution in [0.2, 0.25) is 0 Å². The van der Waals surface area contributed by atoms with Gasteiger partial charge in [-0.05, 0) is 109 Å². The topological polar surface area (TPSA) is 208 Å². The van der Waals surface area contributed by atoms with E-state index in [-0.39, 0.29) is 21.1 Å². The monoisotopic (exact) mass is 937 g/mol. The number of aromatic nitrogens is 1. The summed E-state index contributed by atoms with van der Waals surface area (Å²) < 4.78 is 105. The molecule has 0 fully saturated rings. The van der Waals surface area contributed by atoms with E-state index in [1.54, 1.807) is 42.3 Å². The fourth-order valence-electron chi connectivity index (χ4n) is 8.27. The van der Waals surface area contributed by atoms with Crippen LogP contribution in [0.1, 0.15) is 47.1 Å². The van der Waals surface area contributed by atoms with Crippen molar-refractivity contribution in [2.24, 2.45) is 7.05 Å². The van der Waals surface area contributed by atoms with E-state index in [0.717, 1.165) is 54.8 Å². The summed E-state index contributed by atoms with van der Waals surface area (Å²) in [4.78, 5) is 13.9. The smallest absolute Gasteiger partial charge is 0.307 e. The van der Waals surface area contributed by atoms with Crippen LogP contribution in [0, 0.1) is 6.92 Å². The van der Waals surface area contributed by atoms with E-state index in [9.17, 15) is 48.8 Å². The van der Waals surface area contributed by atoms with Crippen LogP contribution < -0.4 is 9.47 Å². The molecule has 2 heterocycles. The molecule has 0 atom stereocenters. The number of nitrogens with zero attached hydrogens (tertiary/aromatic N) is 2. The molecule has 0 unspecified atom stereocenters. The first kappa shape index (κ1) is 44.7. The highest BCUT2D eigenvalue weighted by atomic mass is 32.2. The molecular weight excluding hydrogens is 897 g/mol. The highest BCUT2D eigenvalue weighted by molar-refractivity contribution is 8.03. The molecule has 1 aliphatic carbocycles. The maximum absolute atomic E-state index is 12.2. The minimum atomic E-state index is -4.60. The third-order valence-corrected chi connectivity index (χ3v) is 15.2. The number of pyridine rings is 1. The largest absolute Gasteiger partial charge is 0.481 e. The second-order valence-electron chi connectivity index (χ2n) is 15.6. The number of benzene rings is 5. The Morgan fingerprint density at radius 1 is 0.703 bits per heavy atom. The molecule has 8 rings (SSSR count). The average Bonchev–Trinajstić information content (AvgIpc) is 3.23. The van der Waals surface area contributed by atoms with E-state index in [4.69, 9.17) is 0 Å². The highest BCUT2D eigenvalue weighted by Crippen LogP contribution is 2.47. The molecule has 13 nitrogen and oxygen atoms in total. The quantitative estimate of drug-likeness (QED) is 0.0576. The summed E-state index contributed by atoms with van der Waals surface area (Å²) in [5.41, 5.74) is 8.45. The summed E-state index contributed by atoms with van der Waals surface area (Å²) in [5.74, 6) is -0.944. The number of aliphatic carboxylic acids is 1. The molecule has 4 N–H and O–H groups in total. The van der Waals surface area contributed by atoms with Gasteiger partial charge in [0.2, 0.25) is 11.0 Å². The first-order valence-electron chi connectivity index (χ1n) is 19.8. The fraction of sp³-hybridized carbons (Fsp3) is 0.149. The normalized spacial score (nSPS) is 15.3. The molecule has 64 heavy (non-hydrogen) atoms. The Labute approximate surface area is 374 Å². The van der Waals surface area contributed by atoms with Crippen molar-refractivity contribution in [3.05, 3.63) is 159 Å². The Hall–Kier alpha value is -5.92. The number of carboxylic acid groups (broad SMARTS) is 1. The molecule has 0 radical (unpaired) electrons. The van der Waals surface area contributed by atoms with Gasteiger partial charge >= 0.3 is 5.97 Å². The predicted molar refractivity (Wildman–Crippen MR) is 246 cm³/mol. The van der Waals surface area contributed by atoms with E-state index in [2.05, 4.69) is 6.08 Å². The molecule has 0 bridgehead atoms. The van der Waals surface area contributed by atoms with E-state index in [1.165, 1.54) is 48.2 Å². The van der Waals surface area contributed by atoms with Crippen molar-refractivity contribution >= 4 is 92.9 Å². The van der Waals surface area contributed by atoms with Crippen molar-refractivity contribution in [1.29, 1.82) is 0 Å². The molecule has 0 amide bonds. The van der Waals surface area contributed by atoms with Gasteiger partial charge in [0.15, 0.2) is 0 Å². The van der Waals surface area contributed by atoms with E-state index in [1.807, 2.05) is 67.1 Å². The van der Waals surface area contributed by atoms with Crippen molar-refractivity contribution < 1.29 is 53.4 Å². The number of hydrogen-bond donors (Lipinski definition) is 4. The number of hydrogen-bond acceptors (Lipinski definition) is 9. The van der Waals surface area contributed by atoms with Crippen molar-refractivity contribution in [3.8, 4) is 0 Å². The highest BCUT2D eigenvalue weighted by Gasteiger charge is 2.28. The second kappa shape index (κ2) is 16.9.